The van der Waals surface area contributed by atoms with Gasteiger partial charge in [-0.05, 0) is 30.9 Å². The van der Waals surface area contributed by atoms with E-state index in [2.05, 4.69) is 41.9 Å². The van der Waals surface area contributed by atoms with Gasteiger partial charge in [0.2, 0.25) is 5.76 Å². The molecule has 0 bridgehead atoms. The number of amides is 1. The molecule has 3 rings (SSSR count). The maximum absolute atomic E-state index is 12.6. The highest BCUT2D eigenvalue weighted by Crippen LogP contribution is 2.14. The smallest absolute Gasteiger partial charge is 0.292 e. The largest absolute Gasteiger partial charge is 0.351 e. The molecule has 1 saturated heterocycles. The molecule has 0 saturated carbocycles. The number of rotatable bonds is 5. The number of carbonyl (C=O) groups is 1. The fourth-order valence-electron chi connectivity index (χ4n) is 3.09. The number of aromatic nitrogens is 2. The summed E-state index contributed by atoms with van der Waals surface area (Å²) < 4.78 is 5.25. The molecule has 0 N–H and O–H groups in total. The van der Waals surface area contributed by atoms with Gasteiger partial charge in [0.25, 0.3) is 5.91 Å². The van der Waals surface area contributed by atoms with E-state index in [9.17, 15) is 4.79 Å². The highest BCUT2D eigenvalue weighted by Gasteiger charge is 2.25. The Hall–Kier alpha value is -2.21. The summed E-state index contributed by atoms with van der Waals surface area (Å²) in [7, 11) is 0. The molecule has 0 unspecified atom stereocenters. The third kappa shape index (κ3) is 4.45. The number of nitrogens with zero attached hydrogens (tertiary/aromatic N) is 4. The zero-order valence-electron chi connectivity index (χ0n) is 15.2. The Labute approximate surface area is 148 Å². The Kier molecular flexibility index (Phi) is 5.48. The van der Waals surface area contributed by atoms with Gasteiger partial charge in [0.15, 0.2) is 0 Å². The Morgan fingerprint density at radius 2 is 2.04 bits per heavy atom. The third-order valence-corrected chi connectivity index (χ3v) is 4.54. The Balaban J connectivity index is 1.54. The van der Waals surface area contributed by atoms with E-state index in [0.717, 1.165) is 37.4 Å². The van der Waals surface area contributed by atoms with Crippen LogP contribution in [-0.2, 0) is 13.0 Å². The van der Waals surface area contributed by atoms with E-state index in [0.29, 0.717) is 24.8 Å². The first kappa shape index (κ1) is 17.6. The summed E-state index contributed by atoms with van der Waals surface area (Å²) in [6.07, 6.45) is 2.66. The van der Waals surface area contributed by atoms with Gasteiger partial charge in [0.05, 0.1) is 11.4 Å². The average molecular weight is 342 g/mol. The Morgan fingerprint density at radius 1 is 1.28 bits per heavy atom. The fraction of sp³-hybridized carbons (Fsp3) is 0.526. The van der Waals surface area contributed by atoms with E-state index in [1.807, 2.05) is 17.2 Å². The monoisotopic (exact) mass is 342 g/mol. The van der Waals surface area contributed by atoms with Crippen molar-refractivity contribution in [1.29, 1.82) is 0 Å². The SMILES string of the molecule is Cc1cccnc1CN1CCN(C(=O)c2cc(CC(C)C)no2)CC1. The van der Waals surface area contributed by atoms with Crippen molar-refractivity contribution < 1.29 is 9.32 Å². The summed E-state index contributed by atoms with van der Waals surface area (Å²) in [6.45, 7) is 10.2. The molecule has 0 spiro atoms. The van der Waals surface area contributed by atoms with Gasteiger partial charge >= 0.3 is 0 Å². The lowest BCUT2D eigenvalue weighted by Crippen LogP contribution is -2.48. The van der Waals surface area contributed by atoms with Crippen molar-refractivity contribution >= 4 is 5.91 Å². The zero-order valence-corrected chi connectivity index (χ0v) is 15.2. The zero-order chi connectivity index (χ0) is 17.8. The highest BCUT2D eigenvalue weighted by molar-refractivity contribution is 5.91. The topological polar surface area (TPSA) is 62.5 Å². The van der Waals surface area contributed by atoms with E-state index >= 15 is 0 Å². The van der Waals surface area contributed by atoms with Crippen molar-refractivity contribution in [3.8, 4) is 0 Å². The molecule has 6 heteroatoms. The summed E-state index contributed by atoms with van der Waals surface area (Å²) >= 11 is 0. The van der Waals surface area contributed by atoms with Crippen molar-refractivity contribution in [2.24, 2.45) is 5.92 Å². The molecule has 0 aliphatic carbocycles. The van der Waals surface area contributed by atoms with Crippen molar-refractivity contribution in [1.82, 2.24) is 19.9 Å². The molecule has 2 aromatic rings. The average Bonchev–Trinajstić information content (AvgIpc) is 3.05. The van der Waals surface area contributed by atoms with Crippen molar-refractivity contribution in [3.05, 3.63) is 47.1 Å². The first-order chi connectivity index (χ1) is 12.0. The molecule has 3 heterocycles. The third-order valence-electron chi connectivity index (χ3n) is 4.54. The van der Waals surface area contributed by atoms with E-state index < -0.39 is 0 Å². The normalized spacial score (nSPS) is 15.8. The summed E-state index contributed by atoms with van der Waals surface area (Å²) in [4.78, 5) is 21.2. The first-order valence-electron chi connectivity index (χ1n) is 8.90. The lowest BCUT2D eigenvalue weighted by Gasteiger charge is -2.34. The summed E-state index contributed by atoms with van der Waals surface area (Å²) in [5.74, 6) is 0.785. The maximum Gasteiger partial charge on any atom is 0.292 e. The Bertz CT molecular complexity index is 718. The number of carbonyl (C=O) groups excluding carboxylic acids is 1. The first-order valence-corrected chi connectivity index (χ1v) is 8.90. The molecule has 0 atom stereocenters. The lowest BCUT2D eigenvalue weighted by atomic mass is 10.1. The van der Waals surface area contributed by atoms with Crippen molar-refractivity contribution in [2.75, 3.05) is 26.2 Å². The molecular weight excluding hydrogens is 316 g/mol. The second-order valence-electron chi connectivity index (χ2n) is 7.12. The molecule has 1 amide bonds. The molecule has 0 radical (unpaired) electrons. The highest BCUT2D eigenvalue weighted by atomic mass is 16.5. The minimum absolute atomic E-state index is 0.0591. The number of pyridine rings is 1. The van der Waals surface area contributed by atoms with Crippen LogP contribution in [0, 0.1) is 12.8 Å². The molecular formula is C19H26N4O2. The lowest BCUT2D eigenvalue weighted by molar-refractivity contribution is 0.0587. The molecule has 1 aliphatic rings. The minimum atomic E-state index is -0.0591. The van der Waals surface area contributed by atoms with Gasteiger partial charge in [-0.3, -0.25) is 14.7 Å². The molecule has 25 heavy (non-hydrogen) atoms. The van der Waals surface area contributed by atoms with Crippen LogP contribution in [0.25, 0.3) is 0 Å². The van der Waals surface area contributed by atoms with Gasteiger partial charge in [-0.2, -0.15) is 0 Å². The van der Waals surface area contributed by atoms with Crippen LogP contribution in [0.4, 0.5) is 0 Å². The van der Waals surface area contributed by atoms with E-state index in [4.69, 9.17) is 4.52 Å². The van der Waals surface area contributed by atoms with Crippen LogP contribution in [0.5, 0.6) is 0 Å². The van der Waals surface area contributed by atoms with Crippen LogP contribution in [0.3, 0.4) is 0 Å². The number of aryl methyl sites for hydroxylation is 1. The number of piperazine rings is 1. The standard InChI is InChI=1S/C19H26N4O2/c1-14(2)11-16-12-18(25-21-16)19(24)23-9-7-22(8-10-23)13-17-15(3)5-4-6-20-17/h4-6,12,14H,7-11,13H2,1-3H3. The van der Waals surface area contributed by atoms with Crippen LogP contribution < -0.4 is 0 Å². The van der Waals surface area contributed by atoms with Gasteiger partial charge in [-0.1, -0.05) is 25.1 Å². The summed E-state index contributed by atoms with van der Waals surface area (Å²) in [5, 5.41) is 4.01. The maximum atomic E-state index is 12.6. The summed E-state index contributed by atoms with van der Waals surface area (Å²) in [5.41, 5.74) is 3.17. The van der Waals surface area contributed by atoms with Crippen molar-refractivity contribution in [2.45, 2.75) is 33.7 Å². The van der Waals surface area contributed by atoms with Gasteiger partial charge in [0, 0.05) is 45.0 Å². The molecule has 0 aromatic carbocycles. The molecule has 134 valence electrons. The van der Waals surface area contributed by atoms with Crippen LogP contribution in [0.2, 0.25) is 0 Å². The fourth-order valence-corrected chi connectivity index (χ4v) is 3.09. The van der Waals surface area contributed by atoms with Crippen LogP contribution in [-0.4, -0.2) is 52.0 Å². The quantitative estimate of drug-likeness (QED) is 0.835. The molecule has 6 nitrogen and oxygen atoms in total. The van der Waals surface area contributed by atoms with E-state index in [1.165, 1.54) is 5.56 Å². The summed E-state index contributed by atoms with van der Waals surface area (Å²) in [6, 6.07) is 5.83. The van der Waals surface area contributed by atoms with Gasteiger partial charge in [0.1, 0.15) is 0 Å². The molecule has 1 fully saturated rings. The predicted molar refractivity (Wildman–Crippen MR) is 95.2 cm³/mol. The van der Waals surface area contributed by atoms with Crippen LogP contribution in [0.1, 0.15) is 41.4 Å². The number of hydrogen-bond acceptors (Lipinski definition) is 5. The second-order valence-corrected chi connectivity index (χ2v) is 7.12. The van der Waals surface area contributed by atoms with E-state index in [-0.39, 0.29) is 5.91 Å². The number of hydrogen-bond donors (Lipinski definition) is 0. The van der Waals surface area contributed by atoms with E-state index in [1.54, 1.807) is 6.07 Å². The van der Waals surface area contributed by atoms with Crippen LogP contribution in [0.15, 0.2) is 28.9 Å². The predicted octanol–water partition coefficient (Wildman–Crippen LogP) is 2.53. The van der Waals surface area contributed by atoms with Gasteiger partial charge in [-0.25, -0.2) is 0 Å². The molecule has 2 aromatic heterocycles. The van der Waals surface area contributed by atoms with Gasteiger partial charge < -0.3 is 9.42 Å². The Morgan fingerprint density at radius 3 is 2.72 bits per heavy atom. The minimum Gasteiger partial charge on any atom is -0.351 e. The van der Waals surface area contributed by atoms with Gasteiger partial charge in [-0.15, -0.1) is 0 Å². The second kappa shape index (κ2) is 7.78. The van der Waals surface area contributed by atoms with Crippen molar-refractivity contribution in [3.63, 3.8) is 0 Å². The molecule has 1 aliphatic heterocycles. The van der Waals surface area contributed by atoms with Crippen LogP contribution >= 0.6 is 0 Å².